The van der Waals surface area contributed by atoms with E-state index in [-0.39, 0.29) is 0 Å². The van der Waals surface area contributed by atoms with Crippen molar-refractivity contribution in [3.8, 4) is 11.5 Å². The summed E-state index contributed by atoms with van der Waals surface area (Å²) in [6.07, 6.45) is 4.05. The predicted molar refractivity (Wildman–Crippen MR) is 106 cm³/mol. The van der Waals surface area contributed by atoms with Crippen molar-refractivity contribution in [1.29, 1.82) is 0 Å². The Bertz CT molecular complexity index is 678. The third kappa shape index (κ3) is 5.86. The number of hydrogen-bond acceptors (Lipinski definition) is 4. The molecule has 0 saturated carbocycles. The minimum atomic E-state index is 0.582. The average molecular weight is 358 g/mol. The molecule has 1 aromatic heterocycles. The molecule has 6 heteroatoms. The van der Waals surface area contributed by atoms with Gasteiger partial charge in [-0.1, -0.05) is 37.6 Å². The van der Waals surface area contributed by atoms with Gasteiger partial charge >= 0.3 is 0 Å². The molecule has 0 unspecified atom stereocenters. The van der Waals surface area contributed by atoms with Gasteiger partial charge in [-0.25, -0.2) is 0 Å². The summed E-state index contributed by atoms with van der Waals surface area (Å²) < 4.78 is 5.28. The summed E-state index contributed by atoms with van der Waals surface area (Å²) in [7, 11) is 2.10. The van der Waals surface area contributed by atoms with Crippen LogP contribution in [0.5, 0.6) is 0 Å². The molecule has 6 nitrogen and oxygen atoms in total. The lowest BCUT2D eigenvalue weighted by atomic mass is 10.1. The van der Waals surface area contributed by atoms with Gasteiger partial charge in [0.1, 0.15) is 0 Å². The van der Waals surface area contributed by atoms with Crippen molar-refractivity contribution in [2.45, 2.75) is 46.5 Å². The number of nitrogens with one attached hydrogen (secondary N) is 1. The van der Waals surface area contributed by atoms with Crippen LogP contribution >= 0.6 is 0 Å². The minimum absolute atomic E-state index is 0.582. The average Bonchev–Trinajstić information content (AvgIpc) is 3.15. The molecule has 0 aliphatic rings. The number of aryl methyl sites for hydroxylation is 1. The van der Waals surface area contributed by atoms with Crippen molar-refractivity contribution in [1.82, 2.24) is 20.4 Å². The second kappa shape index (κ2) is 10.6. The monoisotopic (exact) mass is 357 g/mol. The maximum absolute atomic E-state index is 5.28. The van der Waals surface area contributed by atoms with E-state index < -0.39 is 0 Å². The summed E-state index contributed by atoms with van der Waals surface area (Å²) in [6, 6.07) is 8.28. The summed E-state index contributed by atoms with van der Waals surface area (Å²) in [5.41, 5.74) is 2.21. The molecule has 1 heterocycles. The maximum atomic E-state index is 5.28. The molecule has 0 fully saturated rings. The lowest BCUT2D eigenvalue weighted by Gasteiger charge is -2.21. The number of rotatable bonds is 9. The third-order valence-electron chi connectivity index (χ3n) is 4.19. The second-order valence-corrected chi connectivity index (χ2v) is 6.33. The number of nitrogens with zero attached hydrogens (tertiary/aromatic N) is 4. The third-order valence-corrected chi connectivity index (χ3v) is 4.19. The normalized spacial score (nSPS) is 11.6. The van der Waals surface area contributed by atoms with Crippen LogP contribution in [0.4, 0.5) is 0 Å². The van der Waals surface area contributed by atoms with Crippen LogP contribution in [0.2, 0.25) is 0 Å². The van der Waals surface area contributed by atoms with Crippen LogP contribution in [-0.4, -0.2) is 47.7 Å². The summed E-state index contributed by atoms with van der Waals surface area (Å²) in [6.45, 7) is 9.00. The molecule has 26 heavy (non-hydrogen) atoms. The first-order valence-electron chi connectivity index (χ1n) is 9.59. The topological polar surface area (TPSA) is 66.5 Å². The molecule has 2 aromatic rings. The van der Waals surface area contributed by atoms with Crippen LogP contribution in [0, 0.1) is 0 Å². The zero-order valence-electron chi connectivity index (χ0n) is 16.5. The number of benzene rings is 1. The SMILES string of the molecule is CCCCN(C)C(=NCCc1ccc(-c2nc(CC)no2)cc1)NCC. The Labute approximate surface area is 156 Å². The van der Waals surface area contributed by atoms with Crippen LogP contribution < -0.4 is 5.32 Å². The van der Waals surface area contributed by atoms with E-state index in [2.05, 4.69) is 53.4 Å². The van der Waals surface area contributed by atoms with Gasteiger partial charge in [-0.15, -0.1) is 0 Å². The highest BCUT2D eigenvalue weighted by Crippen LogP contribution is 2.18. The Morgan fingerprint density at radius 1 is 1.19 bits per heavy atom. The Hall–Kier alpha value is -2.37. The van der Waals surface area contributed by atoms with Crippen molar-refractivity contribution < 1.29 is 4.52 Å². The first kappa shape index (κ1) is 19.9. The van der Waals surface area contributed by atoms with Crippen molar-refractivity contribution in [2.24, 2.45) is 4.99 Å². The number of aliphatic imine (C=N–C) groups is 1. The van der Waals surface area contributed by atoms with Crippen molar-refractivity contribution >= 4 is 5.96 Å². The molecule has 0 aliphatic carbocycles. The van der Waals surface area contributed by atoms with Crippen molar-refractivity contribution in [3.63, 3.8) is 0 Å². The van der Waals surface area contributed by atoms with E-state index in [1.54, 1.807) is 0 Å². The Morgan fingerprint density at radius 3 is 2.58 bits per heavy atom. The van der Waals surface area contributed by atoms with E-state index in [9.17, 15) is 0 Å². The van der Waals surface area contributed by atoms with Crippen LogP contribution in [0.25, 0.3) is 11.5 Å². The molecule has 142 valence electrons. The van der Waals surface area contributed by atoms with Gasteiger partial charge < -0.3 is 14.7 Å². The van der Waals surface area contributed by atoms with E-state index in [1.165, 1.54) is 18.4 Å². The first-order valence-corrected chi connectivity index (χ1v) is 9.59. The fourth-order valence-corrected chi connectivity index (χ4v) is 2.59. The van der Waals surface area contributed by atoms with Gasteiger partial charge in [0.2, 0.25) is 0 Å². The van der Waals surface area contributed by atoms with Crippen LogP contribution in [0.3, 0.4) is 0 Å². The molecule has 0 amide bonds. The Morgan fingerprint density at radius 2 is 1.96 bits per heavy atom. The van der Waals surface area contributed by atoms with Gasteiger partial charge in [0, 0.05) is 38.7 Å². The molecule has 0 aliphatic heterocycles. The molecule has 1 aromatic carbocycles. The first-order chi connectivity index (χ1) is 12.7. The predicted octanol–water partition coefficient (Wildman–Crippen LogP) is 3.54. The number of aromatic nitrogens is 2. The summed E-state index contributed by atoms with van der Waals surface area (Å²) in [5.74, 6) is 2.30. The lowest BCUT2D eigenvalue weighted by Crippen LogP contribution is -2.39. The van der Waals surface area contributed by atoms with E-state index >= 15 is 0 Å². The lowest BCUT2D eigenvalue weighted by molar-refractivity contribution is 0.423. The standard InChI is InChI=1S/C20H31N5O/c1-5-8-15-25(4)20(21-7-3)22-14-13-16-9-11-17(12-10-16)19-23-18(6-2)24-26-19/h9-12H,5-8,13-15H2,1-4H3,(H,21,22). The molecular formula is C20H31N5O. The quantitative estimate of drug-likeness (QED) is 0.549. The largest absolute Gasteiger partial charge is 0.357 e. The van der Waals surface area contributed by atoms with Crippen LogP contribution in [0.15, 0.2) is 33.8 Å². The molecule has 0 spiro atoms. The molecular weight excluding hydrogens is 326 g/mol. The Balaban J connectivity index is 1.93. The maximum Gasteiger partial charge on any atom is 0.257 e. The molecule has 1 N–H and O–H groups in total. The summed E-state index contributed by atoms with van der Waals surface area (Å²) in [5, 5.41) is 7.31. The van der Waals surface area contributed by atoms with E-state index in [1.807, 2.05) is 19.1 Å². The van der Waals surface area contributed by atoms with E-state index in [0.717, 1.165) is 49.8 Å². The minimum Gasteiger partial charge on any atom is -0.357 e. The molecule has 0 radical (unpaired) electrons. The van der Waals surface area contributed by atoms with Crippen LogP contribution in [-0.2, 0) is 12.8 Å². The van der Waals surface area contributed by atoms with E-state index in [0.29, 0.717) is 5.89 Å². The fourth-order valence-electron chi connectivity index (χ4n) is 2.59. The van der Waals surface area contributed by atoms with Crippen molar-refractivity contribution in [2.75, 3.05) is 26.7 Å². The van der Waals surface area contributed by atoms with Gasteiger partial charge in [0.05, 0.1) is 0 Å². The van der Waals surface area contributed by atoms with E-state index in [4.69, 9.17) is 9.52 Å². The van der Waals surface area contributed by atoms with Gasteiger partial charge in [-0.3, -0.25) is 4.99 Å². The fraction of sp³-hybridized carbons (Fsp3) is 0.550. The number of hydrogen-bond donors (Lipinski definition) is 1. The molecule has 2 rings (SSSR count). The highest BCUT2D eigenvalue weighted by atomic mass is 16.5. The zero-order chi connectivity index (χ0) is 18.8. The van der Waals surface area contributed by atoms with Gasteiger partial charge in [0.15, 0.2) is 11.8 Å². The van der Waals surface area contributed by atoms with Crippen LogP contribution in [0.1, 0.15) is 45.0 Å². The summed E-state index contributed by atoms with van der Waals surface area (Å²) >= 11 is 0. The van der Waals surface area contributed by atoms with Gasteiger partial charge in [-0.05, 0) is 37.5 Å². The zero-order valence-corrected chi connectivity index (χ0v) is 16.5. The van der Waals surface area contributed by atoms with Gasteiger partial charge in [0.25, 0.3) is 5.89 Å². The Kier molecular flexibility index (Phi) is 8.12. The summed E-state index contributed by atoms with van der Waals surface area (Å²) in [4.78, 5) is 11.3. The molecule has 0 atom stereocenters. The number of unbranched alkanes of at least 4 members (excludes halogenated alkanes) is 1. The smallest absolute Gasteiger partial charge is 0.257 e. The van der Waals surface area contributed by atoms with Crippen molar-refractivity contribution in [3.05, 3.63) is 35.7 Å². The molecule has 0 bridgehead atoms. The second-order valence-electron chi connectivity index (χ2n) is 6.33. The van der Waals surface area contributed by atoms with Gasteiger partial charge in [-0.2, -0.15) is 4.98 Å². The number of guanidine groups is 1. The highest BCUT2D eigenvalue weighted by Gasteiger charge is 2.08. The highest BCUT2D eigenvalue weighted by molar-refractivity contribution is 5.79. The molecule has 0 saturated heterocycles.